The number of amides is 2. The molecule has 0 aliphatic carbocycles. The molecule has 0 spiro atoms. The Bertz CT molecular complexity index is 699. The van der Waals surface area contributed by atoms with Crippen molar-refractivity contribution in [2.45, 2.75) is 20.3 Å². The maximum absolute atomic E-state index is 12.3. The summed E-state index contributed by atoms with van der Waals surface area (Å²) < 4.78 is 0. The summed E-state index contributed by atoms with van der Waals surface area (Å²) in [5.74, 6) is -0.362. The van der Waals surface area contributed by atoms with Gasteiger partial charge in [0.05, 0.1) is 11.1 Å². The number of carbonyl (C=O) groups is 2. The molecule has 0 N–H and O–H groups in total. The van der Waals surface area contributed by atoms with Gasteiger partial charge in [0.1, 0.15) is 0 Å². The molecule has 1 heterocycles. The Balaban J connectivity index is 1.76. The molecule has 3 nitrogen and oxygen atoms in total. The minimum Gasteiger partial charge on any atom is -0.274 e. The predicted octanol–water partition coefficient (Wildman–Crippen LogP) is 3.14. The first-order valence-electron chi connectivity index (χ1n) is 7.09. The molecule has 0 fully saturated rings. The van der Waals surface area contributed by atoms with E-state index in [0.717, 1.165) is 5.56 Å². The monoisotopic (exact) mass is 279 g/mol. The minimum absolute atomic E-state index is 0.181. The summed E-state index contributed by atoms with van der Waals surface area (Å²) in [6.07, 6.45) is 0.687. The first kappa shape index (κ1) is 13.6. The SMILES string of the molecule is Cc1ccc(CCN2C(=O)c3ccccc3C2=O)cc1C. The van der Waals surface area contributed by atoms with Crippen LogP contribution < -0.4 is 0 Å². The molecule has 0 saturated carbocycles. The molecule has 1 aliphatic rings. The predicted molar refractivity (Wildman–Crippen MR) is 81.4 cm³/mol. The molecule has 2 aromatic rings. The highest BCUT2D eigenvalue weighted by atomic mass is 16.2. The van der Waals surface area contributed by atoms with Gasteiger partial charge in [0.15, 0.2) is 0 Å². The highest BCUT2D eigenvalue weighted by molar-refractivity contribution is 6.21. The number of carbonyl (C=O) groups excluding carboxylic acids is 2. The van der Waals surface area contributed by atoms with Crippen molar-refractivity contribution in [1.29, 1.82) is 0 Å². The fourth-order valence-electron chi connectivity index (χ4n) is 2.64. The Morgan fingerprint density at radius 3 is 2.05 bits per heavy atom. The summed E-state index contributed by atoms with van der Waals surface area (Å²) in [5.41, 5.74) is 4.66. The van der Waals surface area contributed by atoms with Gasteiger partial charge >= 0.3 is 0 Å². The van der Waals surface area contributed by atoms with Crippen LogP contribution >= 0.6 is 0 Å². The molecule has 2 amide bonds. The maximum atomic E-state index is 12.3. The third kappa shape index (κ3) is 2.35. The van der Waals surface area contributed by atoms with E-state index in [1.807, 2.05) is 0 Å². The molecule has 21 heavy (non-hydrogen) atoms. The third-order valence-electron chi connectivity index (χ3n) is 4.07. The summed E-state index contributed by atoms with van der Waals surface area (Å²) in [6.45, 7) is 4.57. The largest absolute Gasteiger partial charge is 0.274 e. The number of aryl methyl sites for hydroxylation is 2. The fourth-order valence-corrected chi connectivity index (χ4v) is 2.64. The molecule has 0 radical (unpaired) electrons. The molecule has 0 atom stereocenters. The number of rotatable bonds is 3. The molecule has 0 aromatic heterocycles. The minimum atomic E-state index is -0.181. The number of imide groups is 1. The lowest BCUT2D eigenvalue weighted by molar-refractivity contribution is 0.0656. The molecule has 3 rings (SSSR count). The van der Waals surface area contributed by atoms with Crippen molar-refractivity contribution in [1.82, 2.24) is 4.90 Å². The second kappa shape index (κ2) is 5.17. The van der Waals surface area contributed by atoms with Gasteiger partial charge in [0.2, 0.25) is 0 Å². The highest BCUT2D eigenvalue weighted by Gasteiger charge is 2.34. The van der Waals surface area contributed by atoms with E-state index in [-0.39, 0.29) is 11.8 Å². The van der Waals surface area contributed by atoms with Gasteiger partial charge in [-0.3, -0.25) is 14.5 Å². The van der Waals surface area contributed by atoms with Crippen molar-refractivity contribution >= 4 is 11.8 Å². The lowest BCUT2D eigenvalue weighted by Gasteiger charge is -2.14. The number of nitrogens with zero attached hydrogens (tertiary/aromatic N) is 1. The van der Waals surface area contributed by atoms with Gasteiger partial charge in [-0.1, -0.05) is 30.3 Å². The van der Waals surface area contributed by atoms with Gasteiger partial charge < -0.3 is 0 Å². The van der Waals surface area contributed by atoms with Gasteiger partial charge in [0, 0.05) is 6.54 Å². The molecule has 0 bridgehead atoms. The van der Waals surface area contributed by atoms with Crippen LogP contribution in [0.15, 0.2) is 42.5 Å². The second-order valence-corrected chi connectivity index (χ2v) is 5.48. The Hall–Kier alpha value is -2.42. The Labute approximate surface area is 124 Å². The van der Waals surface area contributed by atoms with Crippen molar-refractivity contribution in [3.05, 3.63) is 70.3 Å². The summed E-state index contributed by atoms with van der Waals surface area (Å²) in [5, 5.41) is 0. The van der Waals surface area contributed by atoms with Crippen LogP contribution in [0, 0.1) is 13.8 Å². The average molecular weight is 279 g/mol. The second-order valence-electron chi connectivity index (χ2n) is 5.48. The van der Waals surface area contributed by atoms with Crippen LogP contribution in [-0.4, -0.2) is 23.3 Å². The Morgan fingerprint density at radius 1 is 0.857 bits per heavy atom. The third-order valence-corrected chi connectivity index (χ3v) is 4.07. The first-order valence-corrected chi connectivity index (χ1v) is 7.09. The van der Waals surface area contributed by atoms with Crippen LogP contribution in [0.25, 0.3) is 0 Å². The van der Waals surface area contributed by atoms with Crippen LogP contribution in [0.3, 0.4) is 0 Å². The zero-order valence-electron chi connectivity index (χ0n) is 12.2. The Morgan fingerprint density at radius 2 is 1.48 bits per heavy atom. The highest BCUT2D eigenvalue weighted by Crippen LogP contribution is 2.22. The van der Waals surface area contributed by atoms with Crippen molar-refractivity contribution in [2.24, 2.45) is 0 Å². The average Bonchev–Trinajstić information content (AvgIpc) is 2.73. The lowest BCUT2D eigenvalue weighted by Crippen LogP contribution is -2.31. The van der Waals surface area contributed by atoms with E-state index in [2.05, 4.69) is 32.0 Å². The molecule has 106 valence electrons. The van der Waals surface area contributed by atoms with E-state index in [0.29, 0.717) is 24.1 Å². The van der Waals surface area contributed by atoms with E-state index < -0.39 is 0 Å². The van der Waals surface area contributed by atoms with Crippen LogP contribution in [0.2, 0.25) is 0 Å². The van der Waals surface area contributed by atoms with E-state index in [1.165, 1.54) is 16.0 Å². The molecule has 3 heteroatoms. The summed E-state index contributed by atoms with van der Waals surface area (Å²) in [7, 11) is 0. The van der Waals surface area contributed by atoms with Gasteiger partial charge in [-0.2, -0.15) is 0 Å². The van der Waals surface area contributed by atoms with Crippen molar-refractivity contribution in [3.63, 3.8) is 0 Å². The van der Waals surface area contributed by atoms with Gasteiger partial charge in [-0.15, -0.1) is 0 Å². The Kier molecular flexibility index (Phi) is 3.34. The van der Waals surface area contributed by atoms with Crippen molar-refractivity contribution in [2.75, 3.05) is 6.54 Å². The fraction of sp³-hybridized carbons (Fsp3) is 0.222. The number of benzene rings is 2. The van der Waals surface area contributed by atoms with Crippen LogP contribution in [-0.2, 0) is 6.42 Å². The zero-order chi connectivity index (χ0) is 15.0. The quantitative estimate of drug-likeness (QED) is 0.809. The molecule has 0 saturated heterocycles. The standard InChI is InChI=1S/C18H17NO2/c1-12-7-8-14(11-13(12)2)9-10-19-17(20)15-5-3-4-6-16(15)18(19)21/h3-8,11H,9-10H2,1-2H3. The number of hydrogen-bond donors (Lipinski definition) is 0. The normalized spacial score (nSPS) is 13.7. The summed E-state index contributed by atoms with van der Waals surface area (Å²) in [4.78, 5) is 25.9. The molecule has 0 unspecified atom stereocenters. The summed E-state index contributed by atoms with van der Waals surface area (Å²) in [6, 6.07) is 13.3. The van der Waals surface area contributed by atoms with E-state index in [1.54, 1.807) is 24.3 Å². The maximum Gasteiger partial charge on any atom is 0.261 e. The number of fused-ring (bicyclic) bond motifs is 1. The zero-order valence-corrected chi connectivity index (χ0v) is 12.2. The lowest BCUT2D eigenvalue weighted by atomic mass is 10.0. The molecule has 2 aromatic carbocycles. The topological polar surface area (TPSA) is 37.4 Å². The first-order chi connectivity index (χ1) is 10.1. The van der Waals surface area contributed by atoms with Gasteiger partial charge in [-0.05, 0) is 49.1 Å². The van der Waals surface area contributed by atoms with E-state index in [4.69, 9.17) is 0 Å². The van der Waals surface area contributed by atoms with E-state index in [9.17, 15) is 9.59 Å². The van der Waals surface area contributed by atoms with Gasteiger partial charge in [-0.25, -0.2) is 0 Å². The van der Waals surface area contributed by atoms with E-state index >= 15 is 0 Å². The molecular weight excluding hydrogens is 262 g/mol. The number of hydrogen-bond acceptors (Lipinski definition) is 2. The smallest absolute Gasteiger partial charge is 0.261 e. The van der Waals surface area contributed by atoms with Crippen molar-refractivity contribution < 1.29 is 9.59 Å². The molecular formula is C18H17NO2. The van der Waals surface area contributed by atoms with Crippen LogP contribution in [0.1, 0.15) is 37.4 Å². The van der Waals surface area contributed by atoms with Crippen LogP contribution in [0.4, 0.5) is 0 Å². The van der Waals surface area contributed by atoms with Crippen LogP contribution in [0.5, 0.6) is 0 Å². The molecule has 1 aliphatic heterocycles. The summed E-state index contributed by atoms with van der Waals surface area (Å²) >= 11 is 0. The van der Waals surface area contributed by atoms with Crippen molar-refractivity contribution in [3.8, 4) is 0 Å². The van der Waals surface area contributed by atoms with Gasteiger partial charge in [0.25, 0.3) is 11.8 Å².